The summed E-state index contributed by atoms with van der Waals surface area (Å²) in [6.07, 6.45) is 1.92. The summed E-state index contributed by atoms with van der Waals surface area (Å²) in [6, 6.07) is 8.96. The van der Waals surface area contributed by atoms with Gasteiger partial charge in [0.1, 0.15) is 0 Å². The van der Waals surface area contributed by atoms with Crippen molar-refractivity contribution in [2.75, 3.05) is 13.6 Å². The van der Waals surface area contributed by atoms with Gasteiger partial charge in [-0.15, -0.1) is 24.0 Å². The third kappa shape index (κ3) is 6.30. The average Bonchev–Trinajstić information content (AvgIpc) is 2.82. The monoisotopic (exact) mass is 469 g/mol. The van der Waals surface area contributed by atoms with Crippen molar-refractivity contribution >= 4 is 29.9 Å². The van der Waals surface area contributed by atoms with E-state index in [1.54, 1.807) is 0 Å². The van der Waals surface area contributed by atoms with Crippen molar-refractivity contribution in [2.45, 2.75) is 46.6 Å². The van der Waals surface area contributed by atoms with Crippen LogP contribution in [-0.2, 0) is 19.9 Å². The molecule has 2 rings (SSSR count). The van der Waals surface area contributed by atoms with E-state index in [2.05, 4.69) is 72.7 Å². The highest BCUT2D eigenvalue weighted by Crippen LogP contribution is 2.14. The smallest absolute Gasteiger partial charge is 0.191 e. The molecule has 0 saturated heterocycles. The van der Waals surface area contributed by atoms with Gasteiger partial charge < -0.3 is 10.6 Å². The lowest BCUT2D eigenvalue weighted by atomic mass is 10.1. The molecule has 0 radical (unpaired) electrons. The van der Waals surface area contributed by atoms with Crippen LogP contribution in [0, 0.1) is 20.8 Å². The number of rotatable bonds is 6. The van der Waals surface area contributed by atoms with Crippen LogP contribution < -0.4 is 10.6 Å². The second kappa shape index (κ2) is 10.5. The van der Waals surface area contributed by atoms with Gasteiger partial charge in [-0.2, -0.15) is 5.10 Å². The van der Waals surface area contributed by atoms with Gasteiger partial charge in [-0.05, 0) is 51.7 Å². The Labute approximate surface area is 174 Å². The minimum Gasteiger partial charge on any atom is -0.356 e. The molecule has 0 saturated carbocycles. The number of aromatic nitrogens is 2. The third-order valence-electron chi connectivity index (χ3n) is 4.60. The van der Waals surface area contributed by atoms with Gasteiger partial charge in [-0.3, -0.25) is 9.67 Å². The van der Waals surface area contributed by atoms with Crippen LogP contribution in [0.2, 0.25) is 0 Å². The number of hydrogen-bond donors (Lipinski definition) is 2. The molecule has 0 aliphatic heterocycles. The Kier molecular flexibility index (Phi) is 9.12. The van der Waals surface area contributed by atoms with Crippen molar-refractivity contribution in [1.82, 2.24) is 20.4 Å². The molecule has 1 aromatic heterocycles. The molecule has 0 spiro atoms. The molecule has 26 heavy (non-hydrogen) atoms. The van der Waals surface area contributed by atoms with Crippen molar-refractivity contribution in [1.29, 1.82) is 0 Å². The van der Waals surface area contributed by atoms with Crippen molar-refractivity contribution in [3.8, 4) is 0 Å². The molecule has 144 valence electrons. The first-order valence-electron chi connectivity index (χ1n) is 8.92. The Balaban J connectivity index is 0.00000338. The van der Waals surface area contributed by atoms with Crippen LogP contribution in [0.25, 0.3) is 0 Å². The molecule has 5 nitrogen and oxygen atoms in total. The van der Waals surface area contributed by atoms with Crippen molar-refractivity contribution in [3.05, 3.63) is 52.3 Å². The van der Waals surface area contributed by atoms with E-state index in [-0.39, 0.29) is 30.0 Å². The van der Waals surface area contributed by atoms with E-state index >= 15 is 0 Å². The minimum absolute atomic E-state index is 0. The molecular formula is C20H32IN5. The van der Waals surface area contributed by atoms with Crippen LogP contribution in [0.1, 0.15) is 35.0 Å². The fourth-order valence-electron chi connectivity index (χ4n) is 2.98. The second-order valence-electron chi connectivity index (χ2n) is 6.76. The number of aliphatic imine (C=N–C) groups is 1. The number of aryl methyl sites for hydroxylation is 3. The summed E-state index contributed by atoms with van der Waals surface area (Å²) < 4.78 is 1.95. The first-order chi connectivity index (χ1) is 11.9. The fraction of sp³-hybridized carbons (Fsp3) is 0.500. The maximum Gasteiger partial charge on any atom is 0.191 e. The van der Waals surface area contributed by atoms with Gasteiger partial charge in [0.05, 0.1) is 5.69 Å². The van der Waals surface area contributed by atoms with E-state index in [1.165, 1.54) is 22.4 Å². The average molecular weight is 469 g/mol. The normalized spacial score (nSPS) is 12.5. The number of hydrogen-bond acceptors (Lipinski definition) is 2. The van der Waals surface area contributed by atoms with E-state index in [4.69, 9.17) is 0 Å². The molecule has 1 atom stereocenters. The third-order valence-corrected chi connectivity index (χ3v) is 4.60. The van der Waals surface area contributed by atoms with Crippen LogP contribution in [0.5, 0.6) is 0 Å². The van der Waals surface area contributed by atoms with Gasteiger partial charge in [0.25, 0.3) is 0 Å². The molecule has 1 aromatic carbocycles. The van der Waals surface area contributed by atoms with E-state index in [0.717, 1.165) is 31.0 Å². The molecule has 2 N–H and O–H groups in total. The summed E-state index contributed by atoms with van der Waals surface area (Å²) in [5, 5.41) is 11.4. The van der Waals surface area contributed by atoms with Crippen LogP contribution in [0.4, 0.5) is 0 Å². The molecule has 6 heteroatoms. The molecular weight excluding hydrogens is 437 g/mol. The number of nitrogens with zero attached hydrogens (tertiary/aromatic N) is 3. The quantitative estimate of drug-likeness (QED) is 0.388. The SMILES string of the molecule is CN=C(NCCc1ccc(C)cc1)NC(C)Cc1c(C)nn(C)c1C.I. The van der Waals surface area contributed by atoms with Crippen molar-refractivity contribution in [3.63, 3.8) is 0 Å². The molecule has 1 unspecified atom stereocenters. The minimum atomic E-state index is 0. The molecule has 1 heterocycles. The Morgan fingerprint density at radius 2 is 1.85 bits per heavy atom. The van der Waals surface area contributed by atoms with Crippen LogP contribution in [0.3, 0.4) is 0 Å². The lowest BCUT2D eigenvalue weighted by Gasteiger charge is -2.18. The van der Waals surface area contributed by atoms with Gasteiger partial charge in [0.15, 0.2) is 5.96 Å². The summed E-state index contributed by atoms with van der Waals surface area (Å²) in [5.41, 5.74) is 6.29. The van der Waals surface area contributed by atoms with Gasteiger partial charge in [0.2, 0.25) is 0 Å². The van der Waals surface area contributed by atoms with Gasteiger partial charge >= 0.3 is 0 Å². The van der Waals surface area contributed by atoms with Gasteiger partial charge in [0, 0.05) is 32.4 Å². The summed E-state index contributed by atoms with van der Waals surface area (Å²) >= 11 is 0. The van der Waals surface area contributed by atoms with Crippen LogP contribution in [0.15, 0.2) is 29.3 Å². The highest BCUT2D eigenvalue weighted by Gasteiger charge is 2.13. The van der Waals surface area contributed by atoms with E-state index < -0.39 is 0 Å². The summed E-state index contributed by atoms with van der Waals surface area (Å²) in [6.45, 7) is 9.35. The summed E-state index contributed by atoms with van der Waals surface area (Å²) in [7, 11) is 3.81. The molecule has 0 aliphatic rings. The van der Waals surface area contributed by atoms with Gasteiger partial charge in [-0.25, -0.2) is 0 Å². The predicted octanol–water partition coefficient (Wildman–Crippen LogP) is 3.30. The Morgan fingerprint density at radius 1 is 1.19 bits per heavy atom. The molecule has 0 fully saturated rings. The highest BCUT2D eigenvalue weighted by molar-refractivity contribution is 14.0. The standard InChI is InChI=1S/C20H31N5.HI/c1-14-7-9-18(10-8-14)11-12-22-20(21-5)23-15(2)13-19-16(3)24-25(6)17(19)4;/h7-10,15H,11-13H2,1-6H3,(H2,21,22,23);1H. The fourth-order valence-corrected chi connectivity index (χ4v) is 2.98. The molecule has 0 bridgehead atoms. The number of guanidine groups is 1. The lowest BCUT2D eigenvalue weighted by molar-refractivity contribution is 0.635. The first-order valence-corrected chi connectivity index (χ1v) is 8.92. The predicted molar refractivity (Wildman–Crippen MR) is 121 cm³/mol. The zero-order valence-electron chi connectivity index (χ0n) is 16.8. The zero-order valence-corrected chi connectivity index (χ0v) is 19.1. The van der Waals surface area contributed by atoms with Crippen molar-refractivity contribution < 1.29 is 0 Å². The maximum absolute atomic E-state index is 4.50. The Morgan fingerprint density at radius 3 is 2.38 bits per heavy atom. The topological polar surface area (TPSA) is 54.2 Å². The maximum atomic E-state index is 4.50. The zero-order chi connectivity index (χ0) is 18.4. The van der Waals surface area contributed by atoms with Crippen LogP contribution >= 0.6 is 24.0 Å². The van der Waals surface area contributed by atoms with E-state index in [1.807, 2.05) is 18.8 Å². The molecule has 2 aromatic rings. The van der Waals surface area contributed by atoms with E-state index in [9.17, 15) is 0 Å². The number of benzene rings is 1. The first kappa shape index (κ1) is 22.5. The van der Waals surface area contributed by atoms with Crippen LogP contribution in [-0.4, -0.2) is 35.4 Å². The lowest BCUT2D eigenvalue weighted by Crippen LogP contribution is -2.43. The molecule has 0 amide bonds. The van der Waals surface area contributed by atoms with Gasteiger partial charge in [-0.1, -0.05) is 29.8 Å². The number of halogens is 1. The summed E-state index contributed by atoms with van der Waals surface area (Å²) in [5.74, 6) is 0.846. The molecule has 0 aliphatic carbocycles. The summed E-state index contributed by atoms with van der Waals surface area (Å²) in [4.78, 5) is 4.34. The van der Waals surface area contributed by atoms with E-state index in [0.29, 0.717) is 0 Å². The Hall–Kier alpha value is -1.57. The Bertz CT molecular complexity index is 719. The number of nitrogens with one attached hydrogen (secondary N) is 2. The largest absolute Gasteiger partial charge is 0.356 e. The second-order valence-corrected chi connectivity index (χ2v) is 6.76. The highest BCUT2D eigenvalue weighted by atomic mass is 127. The van der Waals surface area contributed by atoms with Crippen molar-refractivity contribution in [2.24, 2.45) is 12.0 Å².